The molecule has 2 aromatic carbocycles. The van der Waals surface area contributed by atoms with Crippen LogP contribution in [0, 0.1) is 0 Å². The van der Waals surface area contributed by atoms with Crippen molar-refractivity contribution in [3.8, 4) is 11.3 Å². The van der Waals surface area contributed by atoms with Crippen LogP contribution in [0.4, 0.5) is 0 Å². The van der Waals surface area contributed by atoms with E-state index in [9.17, 15) is 4.79 Å². The van der Waals surface area contributed by atoms with Crippen LogP contribution in [0.1, 0.15) is 0 Å². The highest BCUT2D eigenvalue weighted by molar-refractivity contribution is 6.31. The topological polar surface area (TPSA) is 60.2 Å². The van der Waals surface area contributed by atoms with E-state index in [4.69, 9.17) is 11.6 Å². The molecule has 22 heavy (non-hydrogen) atoms. The number of hydrogen-bond acceptors (Lipinski definition) is 4. The number of aromatic nitrogens is 4. The van der Waals surface area contributed by atoms with E-state index < -0.39 is 5.56 Å². The molecule has 5 nitrogen and oxygen atoms in total. The summed E-state index contributed by atoms with van der Waals surface area (Å²) in [5, 5.41) is 9.02. The number of rotatable bonds is 1. The van der Waals surface area contributed by atoms with E-state index >= 15 is 0 Å². The van der Waals surface area contributed by atoms with Crippen LogP contribution in [-0.2, 0) is 0 Å². The summed E-state index contributed by atoms with van der Waals surface area (Å²) in [7, 11) is 0. The molecule has 0 radical (unpaired) electrons. The van der Waals surface area contributed by atoms with Crippen LogP contribution in [-0.4, -0.2) is 19.6 Å². The maximum Gasteiger partial charge on any atom is 0.315 e. The number of nitrogens with zero attached hydrogens (tertiary/aromatic N) is 4. The fourth-order valence-corrected chi connectivity index (χ4v) is 2.67. The van der Waals surface area contributed by atoms with Crippen molar-refractivity contribution in [2.75, 3.05) is 0 Å². The van der Waals surface area contributed by atoms with Gasteiger partial charge in [-0.2, -0.15) is 0 Å². The molecule has 0 amide bonds. The fraction of sp³-hybridized carbons (Fsp3) is 0. The first-order chi connectivity index (χ1) is 10.7. The van der Waals surface area contributed by atoms with Crippen molar-refractivity contribution >= 4 is 28.2 Å². The van der Waals surface area contributed by atoms with Gasteiger partial charge in [0.2, 0.25) is 5.65 Å². The maximum absolute atomic E-state index is 12.4. The predicted octanol–water partition coefficient (Wildman–Crippen LogP) is 2.96. The molecule has 0 aliphatic carbocycles. The Morgan fingerprint density at radius 3 is 2.68 bits per heavy atom. The van der Waals surface area contributed by atoms with Gasteiger partial charge in [0.25, 0.3) is 0 Å². The Balaban J connectivity index is 2.29. The molecular weight excluding hydrogens is 300 g/mol. The normalized spacial score (nSPS) is 11.1. The molecule has 0 fully saturated rings. The van der Waals surface area contributed by atoms with Crippen molar-refractivity contribution in [1.82, 2.24) is 19.6 Å². The van der Waals surface area contributed by atoms with Crippen LogP contribution in [0.5, 0.6) is 0 Å². The highest BCUT2D eigenvalue weighted by Gasteiger charge is 2.11. The lowest BCUT2D eigenvalue weighted by atomic mass is 10.1. The van der Waals surface area contributed by atoms with Crippen LogP contribution in [0.25, 0.3) is 27.8 Å². The molecular formula is C16H9ClN4O. The van der Waals surface area contributed by atoms with Gasteiger partial charge in [0.1, 0.15) is 6.33 Å². The summed E-state index contributed by atoms with van der Waals surface area (Å²) < 4.78 is 1.63. The van der Waals surface area contributed by atoms with E-state index in [-0.39, 0.29) is 5.65 Å². The van der Waals surface area contributed by atoms with Crippen LogP contribution >= 0.6 is 11.6 Å². The molecule has 0 saturated carbocycles. The van der Waals surface area contributed by atoms with Crippen molar-refractivity contribution < 1.29 is 0 Å². The van der Waals surface area contributed by atoms with Gasteiger partial charge in [0.15, 0.2) is 0 Å². The van der Waals surface area contributed by atoms with E-state index in [1.54, 1.807) is 16.5 Å². The molecule has 6 heteroatoms. The van der Waals surface area contributed by atoms with Crippen LogP contribution in [0.3, 0.4) is 0 Å². The summed E-state index contributed by atoms with van der Waals surface area (Å²) in [6.45, 7) is 0. The van der Waals surface area contributed by atoms with Gasteiger partial charge in [-0.15, -0.1) is 10.2 Å². The largest absolute Gasteiger partial charge is 0.315 e. The maximum atomic E-state index is 12.4. The first-order valence-corrected chi connectivity index (χ1v) is 7.00. The molecule has 0 N–H and O–H groups in total. The second-order valence-electron chi connectivity index (χ2n) is 4.82. The average molecular weight is 309 g/mol. The Morgan fingerprint density at radius 2 is 1.86 bits per heavy atom. The third kappa shape index (κ3) is 1.95. The summed E-state index contributed by atoms with van der Waals surface area (Å²) >= 11 is 6.14. The van der Waals surface area contributed by atoms with E-state index in [1.807, 2.05) is 36.4 Å². The van der Waals surface area contributed by atoms with Gasteiger partial charge < -0.3 is 0 Å². The number of hydrogen-bond donors (Lipinski definition) is 0. The summed E-state index contributed by atoms with van der Waals surface area (Å²) in [4.78, 5) is 16.6. The number of halogens is 1. The number of fused-ring (bicyclic) bond motifs is 3. The smallest absolute Gasteiger partial charge is 0.277 e. The van der Waals surface area contributed by atoms with Crippen LogP contribution in [0.15, 0.2) is 59.7 Å². The molecule has 2 aromatic heterocycles. The molecule has 0 atom stereocenters. The third-order valence-corrected chi connectivity index (χ3v) is 3.71. The zero-order valence-electron chi connectivity index (χ0n) is 11.3. The Labute approximate surface area is 129 Å². The Bertz CT molecular complexity index is 1060. The first-order valence-electron chi connectivity index (χ1n) is 6.63. The van der Waals surface area contributed by atoms with E-state index in [2.05, 4.69) is 15.2 Å². The zero-order valence-corrected chi connectivity index (χ0v) is 12.0. The monoisotopic (exact) mass is 308 g/mol. The molecule has 0 bridgehead atoms. The average Bonchev–Trinajstić information content (AvgIpc) is 2.99. The molecule has 0 saturated heterocycles. The van der Waals surface area contributed by atoms with Gasteiger partial charge in [0, 0.05) is 16.0 Å². The second kappa shape index (κ2) is 4.89. The molecule has 106 valence electrons. The highest BCUT2D eigenvalue weighted by Crippen LogP contribution is 2.27. The summed E-state index contributed by atoms with van der Waals surface area (Å²) in [6.07, 6.45) is 1.50. The quantitative estimate of drug-likeness (QED) is 0.542. The van der Waals surface area contributed by atoms with Crippen LogP contribution in [0.2, 0.25) is 5.02 Å². The fourth-order valence-electron chi connectivity index (χ4n) is 2.49. The molecule has 4 rings (SSSR count). The van der Waals surface area contributed by atoms with Crippen molar-refractivity contribution in [2.45, 2.75) is 0 Å². The van der Waals surface area contributed by atoms with Crippen LogP contribution < -0.4 is 5.56 Å². The van der Waals surface area contributed by atoms with Gasteiger partial charge in [-0.05, 0) is 18.2 Å². The number of benzene rings is 2. The minimum Gasteiger partial charge on any atom is -0.277 e. The SMILES string of the molecule is O=c1nc(-c2ccccc2)c2cc(Cl)ccc2n2cnnc12. The van der Waals surface area contributed by atoms with Gasteiger partial charge in [-0.25, -0.2) is 4.98 Å². The summed E-state index contributed by atoms with van der Waals surface area (Å²) in [6, 6.07) is 14.9. The zero-order chi connectivity index (χ0) is 15.1. The van der Waals surface area contributed by atoms with Gasteiger partial charge in [-0.1, -0.05) is 41.9 Å². The highest BCUT2D eigenvalue weighted by atomic mass is 35.5. The van der Waals surface area contributed by atoms with Gasteiger partial charge >= 0.3 is 5.56 Å². The Hall–Kier alpha value is -2.79. The van der Waals surface area contributed by atoms with Crippen molar-refractivity contribution in [3.63, 3.8) is 0 Å². The molecule has 0 unspecified atom stereocenters. The van der Waals surface area contributed by atoms with Gasteiger partial charge in [-0.3, -0.25) is 9.20 Å². The van der Waals surface area contributed by atoms with E-state index in [0.29, 0.717) is 10.7 Å². The predicted molar refractivity (Wildman–Crippen MR) is 85.0 cm³/mol. The van der Waals surface area contributed by atoms with Crippen molar-refractivity contribution in [3.05, 3.63) is 70.2 Å². The standard InChI is InChI=1S/C16H9ClN4O/c17-11-6-7-13-12(8-11)14(10-4-2-1-3-5-10)19-16(22)15-20-18-9-21(13)15/h1-9H. The van der Waals surface area contributed by atoms with E-state index in [0.717, 1.165) is 16.5 Å². The molecule has 0 aliphatic rings. The second-order valence-corrected chi connectivity index (χ2v) is 5.25. The lowest BCUT2D eigenvalue weighted by Crippen LogP contribution is -2.05. The van der Waals surface area contributed by atoms with Crippen molar-refractivity contribution in [2.24, 2.45) is 0 Å². The molecule has 0 spiro atoms. The lowest BCUT2D eigenvalue weighted by molar-refractivity contribution is 1.10. The first kappa shape index (κ1) is 12.9. The molecule has 2 heterocycles. The minimum absolute atomic E-state index is 0.189. The molecule has 4 aromatic rings. The molecule has 0 aliphatic heterocycles. The minimum atomic E-state index is -0.427. The summed E-state index contributed by atoms with van der Waals surface area (Å²) in [5.74, 6) is 0. The lowest BCUT2D eigenvalue weighted by Gasteiger charge is -2.02. The third-order valence-electron chi connectivity index (χ3n) is 3.47. The van der Waals surface area contributed by atoms with E-state index in [1.165, 1.54) is 6.33 Å². The van der Waals surface area contributed by atoms with Gasteiger partial charge in [0.05, 0.1) is 11.2 Å². The van der Waals surface area contributed by atoms with Crippen molar-refractivity contribution in [1.29, 1.82) is 0 Å². The summed E-state index contributed by atoms with van der Waals surface area (Å²) in [5.41, 5.74) is 1.96. The Kier molecular flexibility index (Phi) is 2.87. The Morgan fingerprint density at radius 1 is 1.05 bits per heavy atom.